The molecule has 1 N–H and O–H groups in total. The monoisotopic (exact) mass is 264 g/mol. The van der Waals surface area contributed by atoms with E-state index in [4.69, 9.17) is 15.3 Å². The number of nitrogens with zero attached hydrogens (tertiary/aromatic N) is 3. The van der Waals surface area contributed by atoms with E-state index in [1.807, 2.05) is 6.07 Å². The summed E-state index contributed by atoms with van der Waals surface area (Å²) in [5, 5.41) is 21.0. The first kappa shape index (κ1) is 13.4. The predicted molar refractivity (Wildman–Crippen MR) is 74.0 cm³/mol. The molecule has 2 rings (SSSR count). The highest BCUT2D eigenvalue weighted by Gasteiger charge is 2.06. The molecule has 5 heteroatoms. The van der Waals surface area contributed by atoms with Gasteiger partial charge in [-0.05, 0) is 18.2 Å². The summed E-state index contributed by atoms with van der Waals surface area (Å²) >= 11 is 0. The van der Waals surface area contributed by atoms with Gasteiger partial charge >= 0.3 is 0 Å². The Hall–Kier alpha value is -3.05. The van der Waals surface area contributed by atoms with Crippen LogP contribution in [0.15, 0.2) is 36.5 Å². The highest BCUT2D eigenvalue weighted by molar-refractivity contribution is 5.59. The maximum absolute atomic E-state index is 8.98. The van der Waals surface area contributed by atoms with Crippen molar-refractivity contribution in [1.82, 2.24) is 4.98 Å². The number of hydrogen-bond acceptors (Lipinski definition) is 5. The van der Waals surface area contributed by atoms with Crippen LogP contribution in [-0.4, -0.2) is 12.1 Å². The summed E-state index contributed by atoms with van der Waals surface area (Å²) in [6.45, 7) is 0.457. The van der Waals surface area contributed by atoms with Crippen LogP contribution in [0.5, 0.6) is 5.75 Å². The van der Waals surface area contributed by atoms with Gasteiger partial charge in [0.15, 0.2) is 0 Å². The molecule has 1 aromatic carbocycles. The largest absolute Gasteiger partial charge is 0.495 e. The Labute approximate surface area is 117 Å². The lowest BCUT2D eigenvalue weighted by Gasteiger charge is -2.11. The van der Waals surface area contributed by atoms with Crippen molar-refractivity contribution in [2.24, 2.45) is 0 Å². The molecule has 0 saturated carbocycles. The molecule has 5 nitrogen and oxygen atoms in total. The molecule has 0 radical (unpaired) electrons. The molecule has 2 aromatic rings. The molecule has 0 amide bonds. The smallest absolute Gasteiger partial charge is 0.145 e. The van der Waals surface area contributed by atoms with Crippen molar-refractivity contribution < 1.29 is 4.74 Å². The quantitative estimate of drug-likeness (QED) is 0.917. The van der Waals surface area contributed by atoms with Crippen LogP contribution in [0.4, 0.5) is 5.69 Å². The van der Waals surface area contributed by atoms with Crippen molar-refractivity contribution in [3.8, 4) is 17.9 Å². The third kappa shape index (κ3) is 2.85. The summed E-state index contributed by atoms with van der Waals surface area (Å²) in [4.78, 5) is 4.00. The van der Waals surface area contributed by atoms with E-state index in [1.165, 1.54) is 0 Å². The van der Waals surface area contributed by atoms with E-state index in [0.717, 1.165) is 11.3 Å². The first-order valence-corrected chi connectivity index (χ1v) is 5.94. The van der Waals surface area contributed by atoms with Gasteiger partial charge in [-0.2, -0.15) is 10.5 Å². The highest BCUT2D eigenvalue weighted by Crippen LogP contribution is 2.25. The average Bonchev–Trinajstić information content (AvgIpc) is 2.52. The predicted octanol–water partition coefficient (Wildman–Crippen LogP) is 2.45. The third-order valence-electron chi connectivity index (χ3n) is 2.80. The van der Waals surface area contributed by atoms with Gasteiger partial charge in [0, 0.05) is 24.4 Å². The van der Waals surface area contributed by atoms with Crippen LogP contribution < -0.4 is 10.1 Å². The number of anilines is 1. The number of methoxy groups -OCH3 is 1. The zero-order chi connectivity index (χ0) is 14.4. The van der Waals surface area contributed by atoms with Gasteiger partial charge in [-0.25, -0.2) is 4.98 Å². The number of aromatic nitrogens is 1. The van der Waals surface area contributed by atoms with E-state index in [1.54, 1.807) is 37.6 Å². The van der Waals surface area contributed by atoms with Crippen LogP contribution >= 0.6 is 0 Å². The Morgan fingerprint density at radius 3 is 2.80 bits per heavy atom. The van der Waals surface area contributed by atoms with E-state index < -0.39 is 0 Å². The van der Waals surface area contributed by atoms with Crippen LogP contribution in [0, 0.1) is 22.7 Å². The van der Waals surface area contributed by atoms with E-state index in [2.05, 4.69) is 22.4 Å². The topological polar surface area (TPSA) is 81.7 Å². The van der Waals surface area contributed by atoms with Crippen molar-refractivity contribution in [3.05, 3.63) is 53.3 Å². The molecule has 0 saturated heterocycles. The fourth-order valence-corrected chi connectivity index (χ4v) is 1.78. The van der Waals surface area contributed by atoms with Crippen molar-refractivity contribution in [2.75, 3.05) is 12.4 Å². The van der Waals surface area contributed by atoms with Crippen molar-refractivity contribution in [3.63, 3.8) is 0 Å². The molecule has 98 valence electrons. The third-order valence-corrected chi connectivity index (χ3v) is 2.80. The summed E-state index contributed by atoms with van der Waals surface area (Å²) in [6.07, 6.45) is 1.59. The minimum Gasteiger partial charge on any atom is -0.495 e. The van der Waals surface area contributed by atoms with E-state index in [0.29, 0.717) is 23.6 Å². The fraction of sp³-hybridized carbons (Fsp3) is 0.133. The Bertz CT molecular complexity index is 698. The second kappa shape index (κ2) is 6.21. The van der Waals surface area contributed by atoms with Gasteiger partial charge in [0.05, 0.1) is 24.4 Å². The molecule has 0 aliphatic carbocycles. The van der Waals surface area contributed by atoms with Crippen LogP contribution in [0.3, 0.4) is 0 Å². The molecule has 0 aliphatic rings. The van der Waals surface area contributed by atoms with Crippen LogP contribution in [-0.2, 0) is 6.54 Å². The Morgan fingerprint density at radius 1 is 1.25 bits per heavy atom. The molecule has 1 aromatic heterocycles. The summed E-state index contributed by atoms with van der Waals surface area (Å²) < 4.78 is 5.24. The minimum atomic E-state index is 0.396. The fourth-order valence-electron chi connectivity index (χ4n) is 1.78. The van der Waals surface area contributed by atoms with Crippen LogP contribution in [0.2, 0.25) is 0 Å². The number of ether oxygens (including phenoxy) is 1. The van der Waals surface area contributed by atoms with Gasteiger partial charge in [0.1, 0.15) is 17.5 Å². The Morgan fingerprint density at radius 2 is 2.10 bits per heavy atom. The zero-order valence-electron chi connectivity index (χ0n) is 10.9. The van der Waals surface area contributed by atoms with E-state index >= 15 is 0 Å². The lowest BCUT2D eigenvalue weighted by molar-refractivity contribution is 0.416. The molecule has 20 heavy (non-hydrogen) atoms. The molecular formula is C15H12N4O. The van der Waals surface area contributed by atoms with Crippen LogP contribution in [0.1, 0.15) is 16.8 Å². The molecule has 0 fully saturated rings. The zero-order valence-corrected chi connectivity index (χ0v) is 10.9. The number of benzene rings is 1. The maximum Gasteiger partial charge on any atom is 0.145 e. The van der Waals surface area contributed by atoms with E-state index in [9.17, 15) is 0 Å². The summed E-state index contributed by atoms with van der Waals surface area (Å²) in [5.41, 5.74) is 2.50. The SMILES string of the molecule is COc1cc(C#N)ccc1NCc1cccnc1C#N. The Balaban J connectivity index is 2.19. The average molecular weight is 264 g/mol. The highest BCUT2D eigenvalue weighted by atomic mass is 16.5. The van der Waals surface area contributed by atoms with Gasteiger partial charge < -0.3 is 10.1 Å². The van der Waals surface area contributed by atoms with Crippen molar-refractivity contribution in [2.45, 2.75) is 6.54 Å². The van der Waals surface area contributed by atoms with Gasteiger partial charge in [-0.15, -0.1) is 0 Å². The molecule has 1 heterocycles. The first-order valence-electron chi connectivity index (χ1n) is 5.94. The number of nitrogens with one attached hydrogen (secondary N) is 1. The second-order valence-electron chi connectivity index (χ2n) is 4.00. The van der Waals surface area contributed by atoms with Gasteiger partial charge in [0.2, 0.25) is 0 Å². The van der Waals surface area contributed by atoms with Crippen LogP contribution in [0.25, 0.3) is 0 Å². The van der Waals surface area contributed by atoms with Gasteiger partial charge in [-0.1, -0.05) is 6.07 Å². The Kier molecular flexibility index (Phi) is 4.16. The molecule has 0 atom stereocenters. The maximum atomic E-state index is 8.98. The second-order valence-corrected chi connectivity index (χ2v) is 4.00. The lowest BCUT2D eigenvalue weighted by atomic mass is 10.1. The summed E-state index contributed by atoms with van der Waals surface area (Å²) in [5.74, 6) is 0.589. The van der Waals surface area contributed by atoms with Gasteiger partial charge in [0.25, 0.3) is 0 Å². The number of hydrogen-bond donors (Lipinski definition) is 1. The molecular weight excluding hydrogens is 252 g/mol. The van der Waals surface area contributed by atoms with E-state index in [-0.39, 0.29) is 0 Å². The summed E-state index contributed by atoms with van der Waals surface area (Å²) in [6, 6.07) is 12.9. The van der Waals surface area contributed by atoms with Crippen molar-refractivity contribution >= 4 is 5.69 Å². The summed E-state index contributed by atoms with van der Waals surface area (Å²) in [7, 11) is 1.55. The normalized spacial score (nSPS) is 9.35. The molecule has 0 spiro atoms. The first-order chi connectivity index (χ1) is 9.78. The minimum absolute atomic E-state index is 0.396. The molecule has 0 aliphatic heterocycles. The number of rotatable bonds is 4. The molecule has 0 bridgehead atoms. The standard InChI is InChI=1S/C15H12N4O/c1-20-15-7-11(8-16)4-5-13(15)19-10-12-3-2-6-18-14(12)9-17/h2-7,19H,10H2,1H3. The number of pyridine rings is 1. The lowest BCUT2D eigenvalue weighted by Crippen LogP contribution is -2.04. The van der Waals surface area contributed by atoms with Crippen molar-refractivity contribution in [1.29, 1.82) is 10.5 Å². The van der Waals surface area contributed by atoms with Gasteiger partial charge in [-0.3, -0.25) is 0 Å². The molecule has 0 unspecified atom stereocenters. The number of nitriles is 2.